The third-order valence-corrected chi connectivity index (χ3v) is 4.93. The van der Waals surface area contributed by atoms with Crippen molar-refractivity contribution in [1.29, 1.82) is 0 Å². The molecule has 1 saturated heterocycles. The molecule has 26 heavy (non-hydrogen) atoms. The molecule has 2 N–H and O–H groups in total. The molecule has 2 aromatic rings. The Morgan fingerprint density at radius 1 is 1.31 bits per heavy atom. The zero-order valence-electron chi connectivity index (χ0n) is 14.3. The average Bonchev–Trinajstić information content (AvgIpc) is 3.05. The number of rotatable bonds is 4. The van der Waals surface area contributed by atoms with Crippen molar-refractivity contribution in [2.45, 2.75) is 44.4 Å². The Morgan fingerprint density at radius 2 is 2.00 bits per heavy atom. The molecule has 0 aliphatic carbocycles. The van der Waals surface area contributed by atoms with Crippen molar-refractivity contribution in [2.75, 3.05) is 6.54 Å². The third-order valence-electron chi connectivity index (χ3n) is 4.93. The quantitative estimate of drug-likeness (QED) is 0.896. The summed E-state index contributed by atoms with van der Waals surface area (Å²) in [6.45, 7) is 2.94. The van der Waals surface area contributed by atoms with Crippen molar-refractivity contribution in [3.63, 3.8) is 0 Å². The fourth-order valence-corrected chi connectivity index (χ4v) is 3.22. The van der Waals surface area contributed by atoms with Crippen LogP contribution in [0.5, 0.6) is 0 Å². The summed E-state index contributed by atoms with van der Waals surface area (Å²) in [6, 6.07) is 4.64. The van der Waals surface area contributed by atoms with E-state index in [9.17, 15) is 18.0 Å². The van der Waals surface area contributed by atoms with E-state index in [1.54, 1.807) is 0 Å². The molecule has 140 valence electrons. The number of halogens is 3. The smallest absolute Gasteiger partial charge is 0.416 e. The van der Waals surface area contributed by atoms with Gasteiger partial charge in [-0.3, -0.25) is 9.69 Å². The normalized spacial score (nSPS) is 21.7. The summed E-state index contributed by atoms with van der Waals surface area (Å²) < 4.78 is 43.3. The Labute approximate surface area is 149 Å². The summed E-state index contributed by atoms with van der Waals surface area (Å²) >= 11 is 0. The van der Waals surface area contributed by atoms with E-state index in [2.05, 4.69) is 4.98 Å². The molecule has 1 aliphatic heterocycles. The number of likely N-dealkylation sites (tertiary alicyclic amines) is 1. The van der Waals surface area contributed by atoms with Crippen molar-refractivity contribution < 1.29 is 22.4 Å². The monoisotopic (exact) mass is 367 g/mol. The van der Waals surface area contributed by atoms with Gasteiger partial charge in [0.05, 0.1) is 16.8 Å². The summed E-state index contributed by atoms with van der Waals surface area (Å²) in [5.74, 6) is -0.129. The van der Waals surface area contributed by atoms with Crippen molar-refractivity contribution >= 4 is 5.91 Å². The zero-order chi connectivity index (χ0) is 18.9. The van der Waals surface area contributed by atoms with E-state index in [1.165, 1.54) is 18.4 Å². The highest BCUT2D eigenvalue weighted by atomic mass is 19.4. The highest BCUT2D eigenvalue weighted by Crippen LogP contribution is 2.32. The fraction of sp³-hybridized carbons (Fsp3) is 0.444. The lowest BCUT2D eigenvalue weighted by Crippen LogP contribution is -2.57. The van der Waals surface area contributed by atoms with Crippen LogP contribution in [0.3, 0.4) is 0 Å². The van der Waals surface area contributed by atoms with E-state index in [-0.39, 0.29) is 11.8 Å². The Bertz CT molecular complexity index is 786. The minimum atomic E-state index is -4.38. The van der Waals surface area contributed by atoms with Gasteiger partial charge in [0.15, 0.2) is 0 Å². The molecule has 1 atom stereocenters. The van der Waals surface area contributed by atoms with E-state index in [4.69, 9.17) is 10.2 Å². The van der Waals surface area contributed by atoms with Gasteiger partial charge in [0.25, 0.3) is 0 Å². The number of benzene rings is 1. The summed E-state index contributed by atoms with van der Waals surface area (Å²) in [7, 11) is 0. The second kappa shape index (κ2) is 6.75. The molecule has 5 nitrogen and oxygen atoms in total. The maximum Gasteiger partial charge on any atom is 0.416 e. The second-order valence-electron chi connectivity index (χ2n) is 6.74. The van der Waals surface area contributed by atoms with E-state index in [0.29, 0.717) is 24.2 Å². The lowest BCUT2D eigenvalue weighted by atomic mass is 9.87. The number of oxazole rings is 1. The second-order valence-corrected chi connectivity index (χ2v) is 6.74. The standard InChI is InChI=1S/C18H20F3N3O2/c1-17(16(22)25)8-2-3-9-24(17)10-14-11-26-15(23-14)12-4-6-13(7-5-12)18(19,20)21/h4-7,11H,2-3,8-10H2,1H3,(H2,22,25). The largest absolute Gasteiger partial charge is 0.444 e. The Kier molecular flexibility index (Phi) is 4.79. The number of primary amides is 1. The van der Waals surface area contributed by atoms with Crippen LogP contribution in [-0.4, -0.2) is 27.9 Å². The maximum atomic E-state index is 12.6. The highest BCUT2D eigenvalue weighted by Gasteiger charge is 2.39. The first-order valence-corrected chi connectivity index (χ1v) is 8.37. The van der Waals surface area contributed by atoms with Crippen molar-refractivity contribution in [1.82, 2.24) is 9.88 Å². The molecule has 2 heterocycles. The highest BCUT2D eigenvalue weighted by molar-refractivity contribution is 5.84. The van der Waals surface area contributed by atoms with Crippen LogP contribution in [0.1, 0.15) is 37.4 Å². The Morgan fingerprint density at radius 3 is 2.62 bits per heavy atom. The van der Waals surface area contributed by atoms with Gasteiger partial charge in [-0.25, -0.2) is 4.98 Å². The van der Waals surface area contributed by atoms with E-state index in [0.717, 1.165) is 31.5 Å². The summed E-state index contributed by atoms with van der Waals surface area (Å²) in [6.07, 6.45) is -0.333. The van der Waals surface area contributed by atoms with Gasteiger partial charge in [0.2, 0.25) is 11.8 Å². The molecule has 8 heteroatoms. The van der Waals surface area contributed by atoms with Gasteiger partial charge in [0, 0.05) is 12.1 Å². The maximum absolute atomic E-state index is 12.6. The number of nitrogens with zero attached hydrogens (tertiary/aromatic N) is 2. The predicted octanol–water partition coefficient (Wildman–Crippen LogP) is 3.59. The van der Waals surface area contributed by atoms with Crippen LogP contribution in [0.2, 0.25) is 0 Å². The van der Waals surface area contributed by atoms with Gasteiger partial charge >= 0.3 is 6.18 Å². The first-order valence-electron chi connectivity index (χ1n) is 8.37. The van der Waals surface area contributed by atoms with Crippen LogP contribution in [0.15, 0.2) is 34.9 Å². The number of alkyl halides is 3. The lowest BCUT2D eigenvalue weighted by Gasteiger charge is -2.42. The van der Waals surface area contributed by atoms with Crippen LogP contribution in [0.4, 0.5) is 13.2 Å². The van der Waals surface area contributed by atoms with Crippen LogP contribution in [-0.2, 0) is 17.5 Å². The number of aromatic nitrogens is 1. The molecule has 1 aliphatic rings. The number of carbonyl (C=O) groups excluding carboxylic acids is 1. The van der Waals surface area contributed by atoms with E-state index >= 15 is 0 Å². The number of amides is 1. The average molecular weight is 367 g/mol. The van der Waals surface area contributed by atoms with E-state index < -0.39 is 17.3 Å². The summed E-state index contributed by atoms with van der Waals surface area (Å²) in [4.78, 5) is 18.2. The summed E-state index contributed by atoms with van der Waals surface area (Å²) in [5.41, 5.74) is 5.19. The molecule has 1 aromatic heterocycles. The third kappa shape index (κ3) is 3.60. The van der Waals surface area contributed by atoms with Gasteiger partial charge in [-0.05, 0) is 57.0 Å². The zero-order valence-corrected chi connectivity index (χ0v) is 14.3. The first kappa shape index (κ1) is 18.4. The molecular formula is C18H20F3N3O2. The summed E-state index contributed by atoms with van der Waals surface area (Å²) in [5, 5.41) is 0. The lowest BCUT2D eigenvalue weighted by molar-refractivity contribution is -0.137. The van der Waals surface area contributed by atoms with Crippen molar-refractivity contribution in [2.24, 2.45) is 5.73 Å². The first-order chi connectivity index (χ1) is 12.2. The number of hydrogen-bond acceptors (Lipinski definition) is 4. The number of nitrogens with two attached hydrogens (primary N) is 1. The molecule has 1 unspecified atom stereocenters. The molecule has 1 amide bonds. The van der Waals surface area contributed by atoms with E-state index in [1.807, 2.05) is 11.8 Å². The predicted molar refractivity (Wildman–Crippen MR) is 88.8 cm³/mol. The fourth-order valence-electron chi connectivity index (χ4n) is 3.22. The van der Waals surface area contributed by atoms with Crippen molar-refractivity contribution in [3.8, 4) is 11.5 Å². The Balaban J connectivity index is 1.76. The van der Waals surface area contributed by atoms with Crippen molar-refractivity contribution in [3.05, 3.63) is 41.8 Å². The van der Waals surface area contributed by atoms with Gasteiger partial charge in [-0.15, -0.1) is 0 Å². The van der Waals surface area contributed by atoms with Gasteiger partial charge < -0.3 is 10.2 Å². The Hall–Kier alpha value is -2.35. The van der Waals surface area contributed by atoms with Crippen LogP contribution in [0.25, 0.3) is 11.5 Å². The molecular weight excluding hydrogens is 347 g/mol. The molecule has 1 aromatic carbocycles. The molecule has 0 spiro atoms. The molecule has 3 rings (SSSR count). The van der Waals surface area contributed by atoms with Gasteiger partial charge in [-0.2, -0.15) is 13.2 Å². The van der Waals surface area contributed by atoms with Crippen LogP contribution in [0, 0.1) is 0 Å². The molecule has 1 fully saturated rings. The topological polar surface area (TPSA) is 72.4 Å². The number of carbonyl (C=O) groups is 1. The molecule has 0 saturated carbocycles. The van der Waals surface area contributed by atoms with Gasteiger partial charge in [-0.1, -0.05) is 0 Å². The minimum Gasteiger partial charge on any atom is -0.444 e. The molecule has 0 bridgehead atoms. The van der Waals surface area contributed by atoms with Crippen LogP contribution < -0.4 is 5.73 Å². The number of hydrogen-bond donors (Lipinski definition) is 1. The number of piperidine rings is 1. The van der Waals surface area contributed by atoms with Crippen LogP contribution >= 0.6 is 0 Å². The van der Waals surface area contributed by atoms with Gasteiger partial charge in [0.1, 0.15) is 6.26 Å². The SMILES string of the molecule is CC1(C(N)=O)CCCCN1Cc1coc(-c2ccc(C(F)(F)F)cc2)n1. The molecule has 0 radical (unpaired) electrons. The minimum absolute atomic E-state index is 0.242.